The molecule has 0 aliphatic carbocycles. The van der Waals surface area contributed by atoms with Crippen molar-refractivity contribution in [2.75, 3.05) is 46.5 Å². The van der Waals surface area contributed by atoms with Gasteiger partial charge in [-0.05, 0) is 50.6 Å². The molecule has 0 bridgehead atoms. The highest BCUT2D eigenvalue weighted by molar-refractivity contribution is 5.91. The van der Waals surface area contributed by atoms with Crippen molar-refractivity contribution < 1.29 is 19.0 Å². The van der Waals surface area contributed by atoms with Gasteiger partial charge in [0.25, 0.3) is 0 Å². The maximum absolute atomic E-state index is 11.9. The molecule has 1 saturated heterocycles. The molecule has 1 aliphatic rings. The third kappa shape index (κ3) is 7.06. The maximum Gasteiger partial charge on any atom is 0.243 e. The number of carbonyl (C=O) groups is 1. The largest absolute Gasteiger partial charge is 0.493 e. The number of nitrogens with one attached hydrogen (secondary N) is 1. The van der Waals surface area contributed by atoms with Crippen LogP contribution in [0, 0.1) is 0 Å². The molecule has 6 nitrogen and oxygen atoms in total. The summed E-state index contributed by atoms with van der Waals surface area (Å²) in [7, 11) is 1.61. The first-order valence-electron chi connectivity index (χ1n) is 9.19. The predicted octanol–water partition coefficient (Wildman–Crippen LogP) is 2.33. The van der Waals surface area contributed by atoms with Crippen molar-refractivity contribution in [3.8, 4) is 11.5 Å². The predicted molar refractivity (Wildman–Crippen MR) is 103 cm³/mol. The molecule has 1 aromatic rings. The molecule has 0 unspecified atom stereocenters. The molecule has 1 aromatic carbocycles. The highest BCUT2D eigenvalue weighted by Gasteiger charge is 2.09. The third-order valence-electron chi connectivity index (χ3n) is 4.03. The van der Waals surface area contributed by atoms with Gasteiger partial charge in [0.05, 0.1) is 26.4 Å². The maximum atomic E-state index is 11.9. The van der Waals surface area contributed by atoms with Crippen LogP contribution in [0.3, 0.4) is 0 Å². The Morgan fingerprint density at radius 1 is 1.31 bits per heavy atom. The molecule has 0 saturated carbocycles. The van der Waals surface area contributed by atoms with E-state index in [0.29, 0.717) is 18.0 Å². The number of amides is 1. The SMILES string of the molecule is COc1cc(/C=C/C(=O)NCCCN2CCOCC2)ccc1OC(C)C. The van der Waals surface area contributed by atoms with Crippen molar-refractivity contribution in [1.29, 1.82) is 0 Å². The number of carbonyl (C=O) groups excluding carboxylic acids is 1. The van der Waals surface area contributed by atoms with Crippen molar-refractivity contribution in [3.63, 3.8) is 0 Å². The van der Waals surface area contributed by atoms with Gasteiger partial charge in [0, 0.05) is 25.7 Å². The molecule has 1 amide bonds. The van der Waals surface area contributed by atoms with Gasteiger partial charge in [-0.15, -0.1) is 0 Å². The van der Waals surface area contributed by atoms with E-state index in [1.807, 2.05) is 32.0 Å². The second-order valence-corrected chi connectivity index (χ2v) is 6.51. The second kappa shape index (κ2) is 10.8. The van der Waals surface area contributed by atoms with Crippen LogP contribution >= 0.6 is 0 Å². The molecule has 0 radical (unpaired) electrons. The van der Waals surface area contributed by atoms with E-state index in [-0.39, 0.29) is 12.0 Å². The summed E-state index contributed by atoms with van der Waals surface area (Å²) in [6.45, 7) is 9.16. The van der Waals surface area contributed by atoms with Gasteiger partial charge in [0.2, 0.25) is 5.91 Å². The zero-order chi connectivity index (χ0) is 18.8. The minimum absolute atomic E-state index is 0.0773. The van der Waals surface area contributed by atoms with E-state index in [9.17, 15) is 4.79 Å². The number of ether oxygens (including phenoxy) is 3. The summed E-state index contributed by atoms with van der Waals surface area (Å²) in [6, 6.07) is 5.63. The highest BCUT2D eigenvalue weighted by atomic mass is 16.5. The highest BCUT2D eigenvalue weighted by Crippen LogP contribution is 2.29. The fourth-order valence-corrected chi connectivity index (χ4v) is 2.71. The molecule has 26 heavy (non-hydrogen) atoms. The Hall–Kier alpha value is -2.05. The van der Waals surface area contributed by atoms with Crippen molar-refractivity contribution in [2.24, 2.45) is 0 Å². The summed E-state index contributed by atoms with van der Waals surface area (Å²) in [4.78, 5) is 14.3. The molecule has 0 atom stereocenters. The summed E-state index contributed by atoms with van der Waals surface area (Å²) < 4.78 is 16.4. The molecule has 1 heterocycles. The lowest BCUT2D eigenvalue weighted by Crippen LogP contribution is -2.38. The van der Waals surface area contributed by atoms with Gasteiger partial charge in [-0.3, -0.25) is 9.69 Å². The minimum atomic E-state index is -0.0894. The van der Waals surface area contributed by atoms with E-state index in [1.54, 1.807) is 19.3 Å². The van der Waals surface area contributed by atoms with Crippen LogP contribution in [0.1, 0.15) is 25.8 Å². The van der Waals surface area contributed by atoms with E-state index in [0.717, 1.165) is 44.8 Å². The molecule has 144 valence electrons. The Balaban J connectivity index is 1.76. The first kappa shape index (κ1) is 20.3. The number of benzene rings is 1. The van der Waals surface area contributed by atoms with Gasteiger partial charge in [-0.2, -0.15) is 0 Å². The van der Waals surface area contributed by atoms with Crippen molar-refractivity contribution in [1.82, 2.24) is 10.2 Å². The fourth-order valence-electron chi connectivity index (χ4n) is 2.71. The molecule has 1 fully saturated rings. The normalized spacial score (nSPS) is 15.4. The van der Waals surface area contributed by atoms with Gasteiger partial charge < -0.3 is 19.5 Å². The van der Waals surface area contributed by atoms with E-state index in [4.69, 9.17) is 14.2 Å². The molecule has 0 aromatic heterocycles. The first-order chi connectivity index (χ1) is 12.6. The Morgan fingerprint density at radius 2 is 2.08 bits per heavy atom. The zero-order valence-electron chi connectivity index (χ0n) is 16.0. The lowest BCUT2D eigenvalue weighted by molar-refractivity contribution is -0.116. The summed E-state index contributed by atoms with van der Waals surface area (Å²) in [5.74, 6) is 1.27. The van der Waals surface area contributed by atoms with E-state index >= 15 is 0 Å². The van der Waals surface area contributed by atoms with Gasteiger partial charge >= 0.3 is 0 Å². The van der Waals surface area contributed by atoms with Crippen LogP contribution in [-0.2, 0) is 9.53 Å². The van der Waals surface area contributed by atoms with Crippen LogP contribution in [0.2, 0.25) is 0 Å². The number of nitrogens with zero attached hydrogens (tertiary/aromatic N) is 1. The quantitative estimate of drug-likeness (QED) is 0.540. The van der Waals surface area contributed by atoms with E-state index in [2.05, 4.69) is 10.2 Å². The minimum Gasteiger partial charge on any atom is -0.493 e. The van der Waals surface area contributed by atoms with Gasteiger partial charge in [0.15, 0.2) is 11.5 Å². The molecule has 2 rings (SSSR count). The Morgan fingerprint density at radius 3 is 2.77 bits per heavy atom. The zero-order valence-corrected chi connectivity index (χ0v) is 16.0. The number of hydrogen-bond acceptors (Lipinski definition) is 5. The van der Waals surface area contributed by atoms with Crippen LogP contribution in [0.4, 0.5) is 0 Å². The van der Waals surface area contributed by atoms with Crippen molar-refractivity contribution >= 4 is 12.0 Å². The molecule has 1 aliphatic heterocycles. The average Bonchev–Trinajstić information content (AvgIpc) is 2.65. The van der Waals surface area contributed by atoms with E-state index < -0.39 is 0 Å². The molecule has 6 heteroatoms. The smallest absolute Gasteiger partial charge is 0.243 e. The number of rotatable bonds is 9. The summed E-state index contributed by atoms with van der Waals surface area (Å²) in [5.41, 5.74) is 0.890. The van der Waals surface area contributed by atoms with Gasteiger partial charge in [0.1, 0.15) is 0 Å². The third-order valence-corrected chi connectivity index (χ3v) is 4.03. The molecular weight excluding hydrogens is 332 g/mol. The lowest BCUT2D eigenvalue weighted by Gasteiger charge is -2.26. The summed E-state index contributed by atoms with van der Waals surface area (Å²) in [6.07, 6.45) is 4.34. The fraction of sp³-hybridized carbons (Fsp3) is 0.550. The Kier molecular flexibility index (Phi) is 8.44. The monoisotopic (exact) mass is 362 g/mol. The number of methoxy groups -OCH3 is 1. The molecular formula is C20H30N2O4. The van der Waals surface area contributed by atoms with E-state index in [1.165, 1.54) is 0 Å². The van der Waals surface area contributed by atoms with Crippen LogP contribution in [-0.4, -0.2) is 63.4 Å². The van der Waals surface area contributed by atoms with Crippen LogP contribution in [0.5, 0.6) is 11.5 Å². The Labute approximate surface area is 156 Å². The van der Waals surface area contributed by atoms with Crippen LogP contribution in [0.15, 0.2) is 24.3 Å². The first-order valence-corrected chi connectivity index (χ1v) is 9.19. The summed E-state index contributed by atoms with van der Waals surface area (Å²) >= 11 is 0. The van der Waals surface area contributed by atoms with Crippen molar-refractivity contribution in [3.05, 3.63) is 29.8 Å². The summed E-state index contributed by atoms with van der Waals surface area (Å²) in [5, 5.41) is 2.92. The van der Waals surface area contributed by atoms with Crippen molar-refractivity contribution in [2.45, 2.75) is 26.4 Å². The topological polar surface area (TPSA) is 60.0 Å². The lowest BCUT2D eigenvalue weighted by atomic mass is 10.2. The van der Waals surface area contributed by atoms with Crippen LogP contribution in [0.25, 0.3) is 6.08 Å². The number of morpholine rings is 1. The van der Waals surface area contributed by atoms with Gasteiger partial charge in [-0.1, -0.05) is 6.07 Å². The standard InChI is InChI=1S/C20H30N2O4/c1-16(2)26-18-7-5-17(15-19(18)24-3)6-8-20(23)21-9-4-10-22-11-13-25-14-12-22/h5-8,15-16H,4,9-14H2,1-3H3,(H,21,23)/b8-6+. The van der Waals surface area contributed by atoms with Crippen LogP contribution < -0.4 is 14.8 Å². The molecule has 1 N–H and O–H groups in total. The van der Waals surface area contributed by atoms with Gasteiger partial charge in [-0.25, -0.2) is 0 Å². The molecule has 0 spiro atoms. The Bertz CT molecular complexity index is 595. The number of hydrogen-bond donors (Lipinski definition) is 1. The average molecular weight is 362 g/mol. The second-order valence-electron chi connectivity index (χ2n) is 6.51.